The molecule has 2 nitrogen and oxygen atoms in total. The molecule has 0 heterocycles. The lowest BCUT2D eigenvalue weighted by Gasteiger charge is -1.97. The number of carbonyl (C=O) groups excluding carboxylic acids is 1. The Labute approximate surface area is 131 Å². The molecular formula is C19H34O2. The number of carbonyl (C=O) groups is 1. The fraction of sp³-hybridized carbons (Fsp3) is 0.737. The normalized spacial score (nSPS) is 11.5. The van der Waals surface area contributed by atoms with Crippen molar-refractivity contribution >= 4 is 5.97 Å². The Hall–Kier alpha value is -1.05. The smallest absolute Gasteiger partial charge is 0.305 e. The molecule has 21 heavy (non-hydrogen) atoms. The number of hydrogen-bond acceptors (Lipinski definition) is 2. The molecule has 0 bridgehead atoms. The molecule has 122 valence electrons. The van der Waals surface area contributed by atoms with E-state index in [0.29, 0.717) is 6.42 Å². The molecule has 0 aromatic carbocycles. The van der Waals surface area contributed by atoms with Crippen molar-refractivity contribution in [2.75, 3.05) is 7.11 Å². The lowest BCUT2D eigenvalue weighted by Crippen LogP contribution is -1.98. The topological polar surface area (TPSA) is 26.3 Å². The Morgan fingerprint density at radius 2 is 1.24 bits per heavy atom. The standard InChI is InChI=1S/C19H34O2/c1-3-4-5-6-7-8-9-10-11-12-13-14-15-16-17-18-19(20)21-2/h7-8,14-15H,3-6,9-13,16-18H2,1-2H3. The summed E-state index contributed by atoms with van der Waals surface area (Å²) in [5.74, 6) is -0.105. The van der Waals surface area contributed by atoms with Crippen LogP contribution < -0.4 is 0 Å². The average Bonchev–Trinajstić information content (AvgIpc) is 2.50. The van der Waals surface area contributed by atoms with Crippen molar-refractivity contribution in [3.05, 3.63) is 24.3 Å². The van der Waals surface area contributed by atoms with Crippen LogP contribution in [0.2, 0.25) is 0 Å². The number of hydrogen-bond donors (Lipinski definition) is 0. The van der Waals surface area contributed by atoms with E-state index in [1.54, 1.807) is 0 Å². The summed E-state index contributed by atoms with van der Waals surface area (Å²) in [5, 5.41) is 0. The molecule has 0 unspecified atom stereocenters. The fourth-order valence-corrected chi connectivity index (χ4v) is 2.15. The van der Waals surface area contributed by atoms with Crippen LogP contribution >= 0.6 is 0 Å². The largest absolute Gasteiger partial charge is 0.469 e. The zero-order valence-corrected chi connectivity index (χ0v) is 14.1. The summed E-state index contributed by atoms with van der Waals surface area (Å²) in [4.78, 5) is 10.9. The number of esters is 1. The lowest BCUT2D eigenvalue weighted by molar-refractivity contribution is -0.140. The van der Waals surface area contributed by atoms with E-state index in [1.807, 2.05) is 0 Å². The molecule has 0 saturated carbocycles. The maximum absolute atomic E-state index is 10.9. The average molecular weight is 294 g/mol. The van der Waals surface area contributed by atoms with Crippen LogP contribution in [0, 0.1) is 0 Å². The molecule has 0 fully saturated rings. The predicted molar refractivity (Wildman–Crippen MR) is 91.4 cm³/mol. The number of unbranched alkanes of at least 4 members (excludes halogenated alkanes) is 8. The lowest BCUT2D eigenvalue weighted by atomic mass is 10.1. The number of methoxy groups -OCH3 is 1. The first-order valence-corrected chi connectivity index (χ1v) is 8.68. The van der Waals surface area contributed by atoms with Crippen molar-refractivity contribution in [1.29, 1.82) is 0 Å². The number of ether oxygens (including phenoxy) is 1. The maximum Gasteiger partial charge on any atom is 0.305 e. The molecular weight excluding hydrogens is 260 g/mol. The zero-order chi connectivity index (χ0) is 15.6. The van der Waals surface area contributed by atoms with E-state index in [9.17, 15) is 4.79 Å². The van der Waals surface area contributed by atoms with Crippen molar-refractivity contribution in [3.8, 4) is 0 Å². The molecule has 0 aromatic rings. The summed E-state index contributed by atoms with van der Waals surface area (Å²) in [6, 6.07) is 0. The van der Waals surface area contributed by atoms with Gasteiger partial charge in [0.15, 0.2) is 0 Å². The molecule has 0 aliphatic rings. The van der Waals surface area contributed by atoms with Crippen LogP contribution in [0.5, 0.6) is 0 Å². The van der Waals surface area contributed by atoms with Gasteiger partial charge < -0.3 is 4.74 Å². The minimum atomic E-state index is -0.105. The monoisotopic (exact) mass is 294 g/mol. The fourth-order valence-electron chi connectivity index (χ4n) is 2.15. The SMILES string of the molecule is CCCCCC=CCCCCCC=CCCCC(=O)OC. The first-order chi connectivity index (χ1) is 10.3. The molecule has 0 amide bonds. The van der Waals surface area contributed by atoms with Gasteiger partial charge >= 0.3 is 5.97 Å². The molecule has 0 aromatic heterocycles. The van der Waals surface area contributed by atoms with Crippen molar-refractivity contribution in [2.45, 2.75) is 84.0 Å². The summed E-state index contributed by atoms with van der Waals surface area (Å²) in [6.07, 6.45) is 23.1. The van der Waals surface area contributed by atoms with E-state index in [1.165, 1.54) is 64.9 Å². The Balaban J connectivity index is 3.19. The highest BCUT2D eigenvalue weighted by molar-refractivity contribution is 5.68. The molecule has 0 aliphatic heterocycles. The summed E-state index contributed by atoms with van der Waals surface area (Å²) in [7, 11) is 1.44. The molecule has 0 saturated heterocycles. The van der Waals surface area contributed by atoms with Crippen molar-refractivity contribution in [2.24, 2.45) is 0 Å². The van der Waals surface area contributed by atoms with Gasteiger partial charge in [-0.25, -0.2) is 0 Å². The minimum Gasteiger partial charge on any atom is -0.469 e. The van der Waals surface area contributed by atoms with Gasteiger partial charge in [0, 0.05) is 6.42 Å². The van der Waals surface area contributed by atoms with E-state index in [4.69, 9.17) is 0 Å². The second-order valence-electron chi connectivity index (χ2n) is 5.54. The van der Waals surface area contributed by atoms with Crippen LogP contribution in [0.1, 0.15) is 84.0 Å². The molecule has 0 aliphatic carbocycles. The van der Waals surface area contributed by atoms with Gasteiger partial charge in [-0.3, -0.25) is 4.79 Å². The van der Waals surface area contributed by atoms with Crippen LogP contribution in [0.15, 0.2) is 24.3 Å². The summed E-state index contributed by atoms with van der Waals surface area (Å²) in [6.45, 7) is 2.25. The quantitative estimate of drug-likeness (QED) is 0.224. The summed E-state index contributed by atoms with van der Waals surface area (Å²) >= 11 is 0. The predicted octanol–water partition coefficient (Wildman–Crippen LogP) is 5.97. The Morgan fingerprint density at radius 3 is 1.71 bits per heavy atom. The molecule has 0 atom stereocenters. The van der Waals surface area contributed by atoms with Crippen molar-refractivity contribution < 1.29 is 9.53 Å². The first kappa shape index (κ1) is 19.9. The number of rotatable bonds is 14. The second-order valence-corrected chi connectivity index (χ2v) is 5.54. The van der Waals surface area contributed by atoms with Crippen LogP contribution in [0.25, 0.3) is 0 Å². The number of allylic oxidation sites excluding steroid dienone is 4. The molecule has 0 N–H and O–H groups in total. The van der Waals surface area contributed by atoms with Crippen LogP contribution in [-0.2, 0) is 9.53 Å². The van der Waals surface area contributed by atoms with E-state index in [-0.39, 0.29) is 5.97 Å². The molecule has 0 radical (unpaired) electrons. The first-order valence-electron chi connectivity index (χ1n) is 8.68. The highest BCUT2D eigenvalue weighted by Gasteiger charge is 1.96. The van der Waals surface area contributed by atoms with Gasteiger partial charge in [0.2, 0.25) is 0 Å². The molecule has 0 rings (SSSR count). The van der Waals surface area contributed by atoms with Crippen molar-refractivity contribution in [3.63, 3.8) is 0 Å². The highest BCUT2D eigenvalue weighted by Crippen LogP contribution is 2.07. The third kappa shape index (κ3) is 16.9. The van der Waals surface area contributed by atoms with E-state index in [0.717, 1.165) is 12.8 Å². The van der Waals surface area contributed by atoms with Crippen molar-refractivity contribution in [1.82, 2.24) is 0 Å². The van der Waals surface area contributed by atoms with E-state index in [2.05, 4.69) is 36.0 Å². The minimum absolute atomic E-state index is 0.105. The summed E-state index contributed by atoms with van der Waals surface area (Å²) in [5.41, 5.74) is 0. The van der Waals surface area contributed by atoms with Crippen LogP contribution in [-0.4, -0.2) is 13.1 Å². The second kappa shape index (κ2) is 17.0. The van der Waals surface area contributed by atoms with Gasteiger partial charge in [-0.05, 0) is 51.4 Å². The Kier molecular flexibility index (Phi) is 16.2. The maximum atomic E-state index is 10.9. The third-order valence-electron chi connectivity index (χ3n) is 3.53. The van der Waals surface area contributed by atoms with Gasteiger partial charge in [-0.2, -0.15) is 0 Å². The van der Waals surface area contributed by atoms with E-state index >= 15 is 0 Å². The van der Waals surface area contributed by atoms with Gasteiger partial charge in [0.05, 0.1) is 7.11 Å². The van der Waals surface area contributed by atoms with Gasteiger partial charge in [-0.1, -0.05) is 50.5 Å². The Bertz CT molecular complexity index is 279. The van der Waals surface area contributed by atoms with Crippen LogP contribution in [0.3, 0.4) is 0 Å². The highest BCUT2D eigenvalue weighted by atomic mass is 16.5. The summed E-state index contributed by atoms with van der Waals surface area (Å²) < 4.78 is 4.60. The van der Waals surface area contributed by atoms with E-state index < -0.39 is 0 Å². The van der Waals surface area contributed by atoms with Gasteiger partial charge in [0.25, 0.3) is 0 Å². The third-order valence-corrected chi connectivity index (χ3v) is 3.53. The van der Waals surface area contributed by atoms with Gasteiger partial charge in [0.1, 0.15) is 0 Å². The molecule has 2 heteroatoms. The zero-order valence-electron chi connectivity index (χ0n) is 14.1. The Morgan fingerprint density at radius 1 is 0.762 bits per heavy atom. The van der Waals surface area contributed by atoms with Gasteiger partial charge in [-0.15, -0.1) is 0 Å². The van der Waals surface area contributed by atoms with Crippen LogP contribution in [0.4, 0.5) is 0 Å². The molecule has 0 spiro atoms.